The monoisotopic (exact) mass is 504 g/mol. The Labute approximate surface area is 222 Å². The predicted molar refractivity (Wildman–Crippen MR) is 149 cm³/mol. The molecule has 1 atom stereocenters. The van der Waals surface area contributed by atoms with Gasteiger partial charge < -0.3 is 4.98 Å². The summed E-state index contributed by atoms with van der Waals surface area (Å²) >= 11 is 0. The quantitative estimate of drug-likeness (QED) is 0.341. The number of hydrogen-bond acceptors (Lipinski definition) is 5. The summed E-state index contributed by atoms with van der Waals surface area (Å²) in [6.45, 7) is 4.35. The van der Waals surface area contributed by atoms with Crippen LogP contribution in [0.1, 0.15) is 47.0 Å². The van der Waals surface area contributed by atoms with E-state index < -0.39 is 0 Å². The number of rotatable bonds is 7. The molecule has 3 aromatic carbocycles. The first-order valence-electron chi connectivity index (χ1n) is 13.4. The minimum absolute atomic E-state index is 0.0891. The highest BCUT2D eigenvalue weighted by molar-refractivity contribution is 5.79. The zero-order chi connectivity index (χ0) is 25.9. The van der Waals surface area contributed by atoms with Gasteiger partial charge in [0.1, 0.15) is 6.04 Å². The fourth-order valence-electron chi connectivity index (χ4n) is 5.67. The van der Waals surface area contributed by atoms with Gasteiger partial charge in [-0.2, -0.15) is 0 Å². The Morgan fingerprint density at radius 3 is 2.37 bits per heavy atom. The third kappa shape index (κ3) is 5.15. The Kier molecular flexibility index (Phi) is 6.84. The third-order valence-electron chi connectivity index (χ3n) is 7.69. The molecule has 3 heterocycles. The molecule has 5 aromatic rings. The molecular weight excluding hydrogens is 472 g/mol. The lowest BCUT2D eigenvalue weighted by Gasteiger charge is -2.37. The molecule has 192 valence electrons. The number of hydrogen-bond donors (Lipinski definition) is 1. The lowest BCUT2D eigenvalue weighted by atomic mass is 9.89. The number of nitrogens with zero attached hydrogens (tertiary/aromatic N) is 5. The third-order valence-corrected chi connectivity index (χ3v) is 7.69. The molecule has 0 amide bonds. The van der Waals surface area contributed by atoms with Gasteiger partial charge in [-0.3, -0.25) is 9.69 Å². The largest absolute Gasteiger partial charge is 0.322 e. The number of tetrazole rings is 1. The van der Waals surface area contributed by atoms with Crippen LogP contribution in [0.2, 0.25) is 0 Å². The first-order chi connectivity index (χ1) is 18.6. The molecule has 1 aliphatic heterocycles. The molecule has 1 N–H and O–H groups in total. The summed E-state index contributed by atoms with van der Waals surface area (Å²) in [5.74, 6) is 1.32. The standard InChI is InChI=1S/C31H32N6O/c1-22-12-13-26-20-27(31(38)32-28(26)18-22)29(30-33-34-35-37(30)21-25-10-6-3-7-11-25)36-16-14-24(15-17-36)19-23-8-4-2-5-9-23/h2-13,18,20,24,29H,14-17,19,21H2,1H3,(H,32,38). The number of aryl methyl sites for hydroxylation is 1. The van der Waals surface area contributed by atoms with Gasteiger partial charge in [-0.15, -0.1) is 5.10 Å². The Balaban J connectivity index is 1.35. The van der Waals surface area contributed by atoms with Crippen molar-refractivity contribution >= 4 is 10.9 Å². The molecule has 38 heavy (non-hydrogen) atoms. The molecule has 0 radical (unpaired) electrons. The van der Waals surface area contributed by atoms with Gasteiger partial charge in [0, 0.05) is 11.1 Å². The van der Waals surface area contributed by atoms with E-state index in [1.807, 2.05) is 41.9 Å². The van der Waals surface area contributed by atoms with Crippen molar-refractivity contribution in [1.29, 1.82) is 0 Å². The minimum Gasteiger partial charge on any atom is -0.322 e. The minimum atomic E-state index is -0.333. The van der Waals surface area contributed by atoms with Crippen LogP contribution in [0.3, 0.4) is 0 Å². The summed E-state index contributed by atoms with van der Waals surface area (Å²) in [4.78, 5) is 19.1. The molecule has 0 spiro atoms. The number of H-pyrrole nitrogens is 1. The van der Waals surface area contributed by atoms with Crippen molar-refractivity contribution in [3.63, 3.8) is 0 Å². The van der Waals surface area contributed by atoms with Crippen LogP contribution in [0, 0.1) is 12.8 Å². The molecule has 1 saturated heterocycles. The number of benzene rings is 3. The van der Waals surface area contributed by atoms with Gasteiger partial charge in [0.05, 0.1) is 6.54 Å². The fourth-order valence-corrected chi connectivity index (χ4v) is 5.67. The van der Waals surface area contributed by atoms with Gasteiger partial charge in [-0.05, 0) is 89.8 Å². The van der Waals surface area contributed by atoms with Crippen LogP contribution in [0.4, 0.5) is 0 Å². The number of aromatic amines is 1. The number of fused-ring (bicyclic) bond motifs is 1. The van der Waals surface area contributed by atoms with Crippen LogP contribution in [0.15, 0.2) is 89.7 Å². The molecule has 7 nitrogen and oxygen atoms in total. The number of pyridine rings is 1. The summed E-state index contributed by atoms with van der Waals surface area (Å²) in [6.07, 6.45) is 3.22. The van der Waals surface area contributed by atoms with Crippen molar-refractivity contribution in [1.82, 2.24) is 30.1 Å². The van der Waals surface area contributed by atoms with Crippen molar-refractivity contribution in [3.8, 4) is 0 Å². The van der Waals surface area contributed by atoms with Gasteiger partial charge in [-0.1, -0.05) is 72.8 Å². The van der Waals surface area contributed by atoms with E-state index in [1.54, 1.807) is 0 Å². The number of nitrogens with one attached hydrogen (secondary N) is 1. The van der Waals surface area contributed by atoms with Crippen molar-refractivity contribution < 1.29 is 0 Å². The summed E-state index contributed by atoms with van der Waals surface area (Å²) < 4.78 is 1.84. The van der Waals surface area contributed by atoms with Gasteiger partial charge in [0.15, 0.2) is 5.82 Å². The maximum absolute atomic E-state index is 13.5. The summed E-state index contributed by atoms with van der Waals surface area (Å²) in [5, 5.41) is 13.9. The van der Waals surface area contributed by atoms with Crippen LogP contribution in [-0.2, 0) is 13.0 Å². The van der Waals surface area contributed by atoms with E-state index in [1.165, 1.54) is 5.56 Å². The molecule has 0 bridgehead atoms. The zero-order valence-electron chi connectivity index (χ0n) is 21.6. The van der Waals surface area contributed by atoms with E-state index in [0.717, 1.165) is 54.4 Å². The highest BCUT2D eigenvalue weighted by Crippen LogP contribution is 2.32. The molecule has 2 aromatic heterocycles. The van der Waals surface area contributed by atoms with E-state index in [-0.39, 0.29) is 11.6 Å². The van der Waals surface area contributed by atoms with E-state index >= 15 is 0 Å². The second-order valence-electron chi connectivity index (χ2n) is 10.4. The topological polar surface area (TPSA) is 79.7 Å². The number of piperidine rings is 1. The average molecular weight is 505 g/mol. The highest BCUT2D eigenvalue weighted by atomic mass is 16.1. The van der Waals surface area contributed by atoms with Crippen LogP contribution in [0.25, 0.3) is 10.9 Å². The van der Waals surface area contributed by atoms with E-state index in [9.17, 15) is 4.79 Å². The van der Waals surface area contributed by atoms with Gasteiger partial charge in [0.2, 0.25) is 0 Å². The molecule has 1 fully saturated rings. The first kappa shape index (κ1) is 24.2. The van der Waals surface area contributed by atoms with Crippen molar-refractivity contribution in [3.05, 3.63) is 123 Å². The molecule has 1 unspecified atom stereocenters. The van der Waals surface area contributed by atoms with E-state index in [2.05, 4.69) is 80.0 Å². The lowest BCUT2D eigenvalue weighted by molar-refractivity contribution is 0.143. The summed E-state index contributed by atoms with van der Waals surface area (Å²) in [6, 6.07) is 28.8. The second-order valence-corrected chi connectivity index (χ2v) is 10.4. The van der Waals surface area contributed by atoms with Gasteiger partial charge >= 0.3 is 0 Å². The molecule has 0 saturated carbocycles. The maximum Gasteiger partial charge on any atom is 0.253 e. The molecular formula is C31H32N6O. The Bertz CT molecular complexity index is 1570. The first-order valence-corrected chi connectivity index (χ1v) is 13.4. The van der Waals surface area contributed by atoms with Crippen LogP contribution in [0.5, 0.6) is 0 Å². The molecule has 6 rings (SSSR count). The summed E-state index contributed by atoms with van der Waals surface area (Å²) in [5.41, 5.74) is 5.06. The van der Waals surface area contributed by atoms with Gasteiger partial charge in [-0.25, -0.2) is 4.68 Å². The normalized spacial score (nSPS) is 15.6. The Morgan fingerprint density at radius 1 is 0.921 bits per heavy atom. The lowest BCUT2D eigenvalue weighted by Crippen LogP contribution is -2.41. The van der Waals surface area contributed by atoms with Crippen LogP contribution >= 0.6 is 0 Å². The predicted octanol–water partition coefficient (Wildman–Crippen LogP) is 4.92. The van der Waals surface area contributed by atoms with Crippen LogP contribution in [-0.4, -0.2) is 43.2 Å². The SMILES string of the molecule is Cc1ccc2cc(C(c3nnnn3Cc3ccccc3)N3CCC(Cc4ccccc4)CC3)c(=O)[nH]c2c1. The number of likely N-dealkylation sites (tertiary alicyclic amines) is 1. The van der Waals surface area contributed by atoms with Crippen molar-refractivity contribution in [2.75, 3.05) is 13.1 Å². The smallest absolute Gasteiger partial charge is 0.253 e. The molecule has 7 heteroatoms. The Morgan fingerprint density at radius 2 is 1.63 bits per heavy atom. The fraction of sp³-hybridized carbons (Fsp3) is 0.290. The molecule has 0 aliphatic carbocycles. The number of aromatic nitrogens is 5. The van der Waals surface area contributed by atoms with E-state index in [4.69, 9.17) is 0 Å². The molecule has 1 aliphatic rings. The van der Waals surface area contributed by atoms with Crippen LogP contribution < -0.4 is 5.56 Å². The van der Waals surface area contributed by atoms with E-state index in [0.29, 0.717) is 23.9 Å². The maximum atomic E-state index is 13.5. The average Bonchev–Trinajstić information content (AvgIpc) is 3.39. The van der Waals surface area contributed by atoms with Crippen molar-refractivity contribution in [2.24, 2.45) is 5.92 Å². The second kappa shape index (κ2) is 10.7. The highest BCUT2D eigenvalue weighted by Gasteiger charge is 2.33. The van der Waals surface area contributed by atoms with Crippen molar-refractivity contribution in [2.45, 2.75) is 38.8 Å². The summed E-state index contributed by atoms with van der Waals surface area (Å²) in [7, 11) is 0. The zero-order valence-corrected chi connectivity index (χ0v) is 21.6. The van der Waals surface area contributed by atoms with Gasteiger partial charge in [0.25, 0.3) is 5.56 Å². The Hall–Kier alpha value is -4.10.